The molecule has 2 heteroatoms. The van der Waals surface area contributed by atoms with E-state index in [1.54, 1.807) is 0 Å². The Balaban J connectivity index is 3.15. The molecule has 0 spiro atoms. The smallest absolute Gasteiger partial charge is 0.0652 e. The van der Waals surface area contributed by atoms with E-state index < -0.39 is 0 Å². The molecule has 0 N–H and O–H groups in total. The van der Waals surface area contributed by atoms with Crippen molar-refractivity contribution in [2.24, 2.45) is 10.9 Å². The summed E-state index contributed by atoms with van der Waals surface area (Å²) < 4.78 is 0. The summed E-state index contributed by atoms with van der Waals surface area (Å²) in [5, 5.41) is 8.45. The van der Waals surface area contributed by atoms with E-state index in [0.29, 0.717) is 0 Å². The molecule has 0 saturated carbocycles. The Morgan fingerprint density at radius 1 is 1.64 bits per heavy atom. The minimum Gasteiger partial charge on any atom is -0.298 e. The second-order valence-electron chi connectivity index (χ2n) is 2.67. The summed E-state index contributed by atoms with van der Waals surface area (Å²) in [7, 11) is 0. The van der Waals surface area contributed by atoms with Gasteiger partial charge in [-0.15, -0.1) is 0 Å². The van der Waals surface area contributed by atoms with Gasteiger partial charge in [0.1, 0.15) is 0 Å². The topological polar surface area (TPSA) is 36.1 Å². The lowest BCUT2D eigenvalue weighted by Gasteiger charge is -1.97. The van der Waals surface area contributed by atoms with Gasteiger partial charge >= 0.3 is 0 Å². The zero-order valence-corrected chi connectivity index (χ0v) is 7.38. The van der Waals surface area contributed by atoms with E-state index in [-0.39, 0.29) is 5.92 Å². The van der Waals surface area contributed by atoms with Crippen LogP contribution in [0, 0.1) is 17.2 Å². The van der Waals surface area contributed by atoms with Crippen LogP contribution in [0.5, 0.6) is 0 Å². The molecule has 0 aromatic carbocycles. The first kappa shape index (κ1) is 10.2. The van der Waals surface area contributed by atoms with Crippen LogP contribution in [0.1, 0.15) is 33.1 Å². The van der Waals surface area contributed by atoms with Crippen LogP contribution in [0.4, 0.5) is 0 Å². The van der Waals surface area contributed by atoms with Gasteiger partial charge in [-0.1, -0.05) is 6.92 Å². The van der Waals surface area contributed by atoms with Crippen molar-refractivity contribution in [3.8, 4) is 6.07 Å². The lowest BCUT2D eigenvalue weighted by Crippen LogP contribution is -1.91. The number of hydrogen-bond donors (Lipinski definition) is 0. The number of hydrogen-bond acceptors (Lipinski definition) is 2. The Kier molecular flexibility index (Phi) is 6.71. The highest BCUT2D eigenvalue weighted by atomic mass is 14.7. The van der Waals surface area contributed by atoms with Crippen LogP contribution in [0.3, 0.4) is 0 Å². The highest BCUT2D eigenvalue weighted by Gasteiger charge is 1.96. The lowest BCUT2D eigenvalue weighted by molar-refractivity contribution is 0.624. The van der Waals surface area contributed by atoms with Crippen LogP contribution in [0.2, 0.25) is 0 Å². The van der Waals surface area contributed by atoms with Crippen molar-refractivity contribution in [3.63, 3.8) is 0 Å². The molecule has 0 aliphatic rings. The van der Waals surface area contributed by atoms with E-state index in [1.165, 1.54) is 0 Å². The van der Waals surface area contributed by atoms with Crippen molar-refractivity contribution in [1.29, 1.82) is 5.26 Å². The van der Waals surface area contributed by atoms with E-state index >= 15 is 0 Å². The van der Waals surface area contributed by atoms with E-state index in [1.807, 2.05) is 13.1 Å². The van der Waals surface area contributed by atoms with Crippen LogP contribution < -0.4 is 0 Å². The molecule has 62 valence electrons. The predicted molar refractivity (Wildman–Crippen MR) is 47.7 cm³/mol. The normalized spacial score (nSPS) is 13.2. The van der Waals surface area contributed by atoms with Gasteiger partial charge in [-0.3, -0.25) is 4.99 Å². The molecule has 0 bridgehead atoms. The summed E-state index contributed by atoms with van der Waals surface area (Å²) in [6.45, 7) is 4.89. The van der Waals surface area contributed by atoms with E-state index in [9.17, 15) is 0 Å². The molecule has 0 rings (SSSR count). The maximum atomic E-state index is 8.45. The summed E-state index contributed by atoms with van der Waals surface area (Å²) in [6.07, 6.45) is 4.94. The minimum absolute atomic E-state index is 0.187. The highest BCUT2D eigenvalue weighted by molar-refractivity contribution is 5.56. The Morgan fingerprint density at radius 3 is 2.91 bits per heavy atom. The molecule has 0 amide bonds. The maximum Gasteiger partial charge on any atom is 0.0652 e. The van der Waals surface area contributed by atoms with Crippen molar-refractivity contribution in [2.45, 2.75) is 33.1 Å². The molecule has 0 aromatic rings. The van der Waals surface area contributed by atoms with Gasteiger partial charge in [0.15, 0.2) is 0 Å². The molecule has 0 aliphatic heterocycles. The summed E-state index contributed by atoms with van der Waals surface area (Å²) >= 11 is 0. The SMILES string of the molecule is CC/C=N/CCCC(C)C#N. The van der Waals surface area contributed by atoms with Gasteiger partial charge < -0.3 is 0 Å². The second kappa shape index (κ2) is 7.27. The number of rotatable bonds is 5. The molecule has 0 fully saturated rings. The van der Waals surface area contributed by atoms with Crippen molar-refractivity contribution >= 4 is 6.21 Å². The summed E-state index contributed by atoms with van der Waals surface area (Å²) in [5.74, 6) is 0.187. The van der Waals surface area contributed by atoms with E-state index in [2.05, 4.69) is 18.0 Å². The van der Waals surface area contributed by atoms with Crippen LogP contribution in [-0.2, 0) is 0 Å². The lowest BCUT2D eigenvalue weighted by atomic mass is 10.1. The van der Waals surface area contributed by atoms with Crippen LogP contribution in [-0.4, -0.2) is 12.8 Å². The monoisotopic (exact) mass is 152 g/mol. The summed E-state index contributed by atoms with van der Waals surface area (Å²) in [4.78, 5) is 4.16. The van der Waals surface area contributed by atoms with Crippen LogP contribution in [0.25, 0.3) is 0 Å². The first-order chi connectivity index (χ1) is 5.31. The van der Waals surface area contributed by atoms with Crippen molar-refractivity contribution in [2.75, 3.05) is 6.54 Å². The van der Waals surface area contributed by atoms with Crippen molar-refractivity contribution < 1.29 is 0 Å². The largest absolute Gasteiger partial charge is 0.298 e. The fraction of sp³-hybridized carbons (Fsp3) is 0.778. The minimum atomic E-state index is 0.187. The molecule has 1 atom stereocenters. The number of aliphatic imine (C=N–C) groups is 1. The predicted octanol–water partition coefficient (Wildman–Crippen LogP) is 2.41. The van der Waals surface area contributed by atoms with E-state index in [4.69, 9.17) is 5.26 Å². The number of nitriles is 1. The molecule has 0 radical (unpaired) electrons. The second-order valence-corrected chi connectivity index (χ2v) is 2.67. The summed E-state index contributed by atoms with van der Waals surface area (Å²) in [5.41, 5.74) is 0. The van der Waals surface area contributed by atoms with Gasteiger partial charge in [0.25, 0.3) is 0 Å². The quantitative estimate of drug-likeness (QED) is 0.440. The third-order valence-corrected chi connectivity index (χ3v) is 1.46. The zero-order chi connectivity index (χ0) is 8.53. The van der Waals surface area contributed by atoms with Gasteiger partial charge in [0, 0.05) is 12.5 Å². The van der Waals surface area contributed by atoms with E-state index in [0.717, 1.165) is 25.8 Å². The molecule has 1 unspecified atom stereocenters. The van der Waals surface area contributed by atoms with Gasteiger partial charge in [-0.2, -0.15) is 5.26 Å². The van der Waals surface area contributed by atoms with Crippen LogP contribution in [0.15, 0.2) is 4.99 Å². The average Bonchev–Trinajstić information content (AvgIpc) is 2.04. The summed E-state index contributed by atoms with van der Waals surface area (Å²) in [6, 6.07) is 2.20. The van der Waals surface area contributed by atoms with Gasteiger partial charge in [0.05, 0.1) is 6.07 Å². The Bertz CT molecular complexity index is 144. The first-order valence-electron chi connectivity index (χ1n) is 4.19. The third kappa shape index (κ3) is 7.05. The molecule has 0 aromatic heterocycles. The highest BCUT2D eigenvalue weighted by Crippen LogP contribution is 2.02. The average molecular weight is 152 g/mol. The van der Waals surface area contributed by atoms with Crippen LogP contribution >= 0.6 is 0 Å². The van der Waals surface area contributed by atoms with Crippen molar-refractivity contribution in [1.82, 2.24) is 0 Å². The first-order valence-corrected chi connectivity index (χ1v) is 4.19. The standard InChI is InChI=1S/C9H16N2/c1-3-6-11-7-4-5-9(2)8-10/h6,9H,3-5,7H2,1-2H3/b11-6+. The Morgan fingerprint density at radius 2 is 2.36 bits per heavy atom. The molecule has 11 heavy (non-hydrogen) atoms. The Labute approximate surface area is 68.9 Å². The molecule has 0 heterocycles. The molecular weight excluding hydrogens is 136 g/mol. The number of nitrogens with zero attached hydrogens (tertiary/aromatic N) is 2. The third-order valence-electron chi connectivity index (χ3n) is 1.46. The molecule has 2 nitrogen and oxygen atoms in total. The van der Waals surface area contributed by atoms with Gasteiger partial charge in [0.2, 0.25) is 0 Å². The van der Waals surface area contributed by atoms with Crippen molar-refractivity contribution in [3.05, 3.63) is 0 Å². The fourth-order valence-corrected chi connectivity index (χ4v) is 0.774. The maximum absolute atomic E-state index is 8.45. The van der Waals surface area contributed by atoms with Gasteiger partial charge in [-0.25, -0.2) is 0 Å². The van der Waals surface area contributed by atoms with Gasteiger partial charge in [-0.05, 0) is 32.4 Å². The fourth-order valence-electron chi connectivity index (χ4n) is 0.774. The molecule has 0 saturated heterocycles. The molecular formula is C9H16N2. The molecule has 0 aliphatic carbocycles. The Hall–Kier alpha value is -0.840. The zero-order valence-electron chi connectivity index (χ0n) is 7.38.